The molecule has 1 aromatic rings. The van der Waals surface area contributed by atoms with E-state index in [-0.39, 0.29) is 6.04 Å². The van der Waals surface area contributed by atoms with Crippen LogP contribution in [0.5, 0.6) is 0 Å². The number of hydrogen-bond acceptors (Lipinski definition) is 2. The van der Waals surface area contributed by atoms with Crippen LogP contribution in [0.3, 0.4) is 0 Å². The zero-order chi connectivity index (χ0) is 13.2. The molecule has 2 heteroatoms. The van der Waals surface area contributed by atoms with Crippen LogP contribution in [0, 0.1) is 0 Å². The first-order valence-corrected chi connectivity index (χ1v) is 7.53. The molecule has 2 aliphatic rings. The number of nitrogens with two attached hydrogens (primary N) is 1. The van der Waals surface area contributed by atoms with Crippen molar-refractivity contribution < 1.29 is 0 Å². The summed E-state index contributed by atoms with van der Waals surface area (Å²) in [6.45, 7) is 7.76. The second kappa shape index (κ2) is 5.48. The van der Waals surface area contributed by atoms with Gasteiger partial charge in [0, 0.05) is 12.6 Å². The summed E-state index contributed by atoms with van der Waals surface area (Å²) in [4.78, 5) is 2.51. The zero-order valence-electron chi connectivity index (χ0n) is 11.7. The Morgan fingerprint density at radius 2 is 2.05 bits per heavy atom. The minimum Gasteiger partial charge on any atom is -0.324 e. The second-order valence-electron chi connectivity index (χ2n) is 6.00. The normalized spacial score (nSPS) is 23.3. The van der Waals surface area contributed by atoms with Gasteiger partial charge in [-0.3, -0.25) is 4.90 Å². The molecule has 0 spiro atoms. The van der Waals surface area contributed by atoms with Crippen molar-refractivity contribution in [1.29, 1.82) is 0 Å². The Bertz CT molecular complexity index is 472. The third-order valence-corrected chi connectivity index (χ3v) is 4.53. The predicted molar refractivity (Wildman–Crippen MR) is 81.0 cm³/mol. The highest BCUT2D eigenvalue weighted by Gasteiger charge is 2.18. The van der Waals surface area contributed by atoms with Crippen LogP contribution in [0.4, 0.5) is 0 Å². The lowest BCUT2D eigenvalue weighted by Gasteiger charge is -2.24. The summed E-state index contributed by atoms with van der Waals surface area (Å²) in [5.41, 5.74) is 11.5. The van der Waals surface area contributed by atoms with E-state index in [1.54, 1.807) is 0 Å². The topological polar surface area (TPSA) is 29.3 Å². The van der Waals surface area contributed by atoms with Gasteiger partial charge in [0.05, 0.1) is 0 Å². The van der Waals surface area contributed by atoms with Crippen molar-refractivity contribution in [1.82, 2.24) is 4.90 Å². The Morgan fingerprint density at radius 1 is 1.26 bits per heavy atom. The molecule has 19 heavy (non-hydrogen) atoms. The van der Waals surface area contributed by atoms with Gasteiger partial charge < -0.3 is 5.73 Å². The van der Waals surface area contributed by atoms with Gasteiger partial charge in [0.1, 0.15) is 0 Å². The van der Waals surface area contributed by atoms with Gasteiger partial charge in [0.2, 0.25) is 0 Å². The summed E-state index contributed by atoms with van der Waals surface area (Å²) < 4.78 is 0. The number of fused-ring (bicyclic) bond motifs is 1. The van der Waals surface area contributed by atoms with Crippen molar-refractivity contribution in [3.05, 3.63) is 41.5 Å². The fourth-order valence-electron chi connectivity index (χ4n) is 3.37. The smallest absolute Gasteiger partial charge is 0.0297 e. The molecule has 1 fully saturated rings. The van der Waals surface area contributed by atoms with Crippen molar-refractivity contribution in [3.63, 3.8) is 0 Å². The molecule has 1 heterocycles. The first-order valence-electron chi connectivity index (χ1n) is 7.53. The van der Waals surface area contributed by atoms with Crippen LogP contribution in [0.25, 0.3) is 5.57 Å². The van der Waals surface area contributed by atoms with Gasteiger partial charge in [-0.25, -0.2) is 0 Å². The Labute approximate surface area is 116 Å². The third kappa shape index (κ3) is 2.75. The fraction of sp³-hybridized carbons (Fsp3) is 0.529. The maximum Gasteiger partial charge on any atom is 0.0297 e. The minimum atomic E-state index is 0.240. The zero-order valence-corrected chi connectivity index (χ0v) is 11.7. The molecule has 0 bridgehead atoms. The molecule has 0 aromatic heterocycles. The molecule has 1 atom stereocenters. The first-order chi connectivity index (χ1) is 9.24. The summed E-state index contributed by atoms with van der Waals surface area (Å²) >= 11 is 0. The summed E-state index contributed by atoms with van der Waals surface area (Å²) in [6.07, 6.45) is 6.20. The van der Waals surface area contributed by atoms with Gasteiger partial charge in [-0.1, -0.05) is 24.8 Å². The van der Waals surface area contributed by atoms with Crippen molar-refractivity contribution in [2.45, 2.75) is 38.1 Å². The Kier molecular flexibility index (Phi) is 3.72. The molecule has 1 unspecified atom stereocenters. The van der Waals surface area contributed by atoms with Crippen LogP contribution in [0.2, 0.25) is 0 Å². The number of nitrogens with zero attached hydrogens (tertiary/aromatic N) is 1. The molecule has 2 N–H and O–H groups in total. The van der Waals surface area contributed by atoms with Crippen LogP contribution in [-0.2, 0) is 6.42 Å². The van der Waals surface area contributed by atoms with E-state index >= 15 is 0 Å². The van der Waals surface area contributed by atoms with E-state index in [9.17, 15) is 0 Å². The highest BCUT2D eigenvalue weighted by atomic mass is 15.1. The summed E-state index contributed by atoms with van der Waals surface area (Å²) in [5.74, 6) is 0. The lowest BCUT2D eigenvalue weighted by molar-refractivity contribution is 0.383. The van der Waals surface area contributed by atoms with Gasteiger partial charge in [-0.15, -0.1) is 0 Å². The molecular weight excluding hydrogens is 232 g/mol. The van der Waals surface area contributed by atoms with E-state index in [4.69, 9.17) is 5.73 Å². The molecule has 0 saturated carbocycles. The third-order valence-electron chi connectivity index (χ3n) is 4.53. The molecule has 1 aromatic carbocycles. The first kappa shape index (κ1) is 12.9. The molecule has 2 nitrogen and oxygen atoms in total. The van der Waals surface area contributed by atoms with E-state index in [0.717, 1.165) is 13.0 Å². The summed E-state index contributed by atoms with van der Waals surface area (Å²) in [5, 5.41) is 0. The Morgan fingerprint density at radius 3 is 2.84 bits per heavy atom. The minimum absolute atomic E-state index is 0.240. The van der Waals surface area contributed by atoms with E-state index in [0.29, 0.717) is 0 Å². The molecule has 1 aliphatic carbocycles. The van der Waals surface area contributed by atoms with Gasteiger partial charge >= 0.3 is 0 Å². The van der Waals surface area contributed by atoms with Crippen LogP contribution in [0.1, 0.15) is 48.4 Å². The predicted octanol–water partition coefficient (Wildman–Crippen LogP) is 3.13. The largest absolute Gasteiger partial charge is 0.324 e. The molecule has 0 amide bonds. The van der Waals surface area contributed by atoms with Crippen LogP contribution in [-0.4, -0.2) is 24.5 Å². The molecule has 102 valence electrons. The highest BCUT2D eigenvalue weighted by molar-refractivity contribution is 5.66. The van der Waals surface area contributed by atoms with Crippen molar-refractivity contribution in [2.75, 3.05) is 19.6 Å². The number of aryl methyl sites for hydroxylation is 1. The molecule has 1 saturated heterocycles. The van der Waals surface area contributed by atoms with Gasteiger partial charge in [0.15, 0.2) is 0 Å². The average molecular weight is 256 g/mol. The lowest BCUT2D eigenvalue weighted by Crippen LogP contribution is -2.21. The monoisotopic (exact) mass is 256 g/mol. The number of hydrogen-bond donors (Lipinski definition) is 1. The van der Waals surface area contributed by atoms with Crippen molar-refractivity contribution in [3.8, 4) is 0 Å². The molecule has 3 rings (SSSR count). The van der Waals surface area contributed by atoms with Crippen molar-refractivity contribution >= 4 is 5.57 Å². The fourth-order valence-corrected chi connectivity index (χ4v) is 3.37. The van der Waals surface area contributed by atoms with E-state index in [1.165, 1.54) is 61.0 Å². The number of benzene rings is 1. The van der Waals surface area contributed by atoms with Crippen molar-refractivity contribution in [2.24, 2.45) is 5.73 Å². The highest BCUT2D eigenvalue weighted by Crippen LogP contribution is 2.30. The van der Waals surface area contributed by atoms with Gasteiger partial charge in [-0.2, -0.15) is 0 Å². The Hall–Kier alpha value is -1.12. The Balaban J connectivity index is 1.75. The van der Waals surface area contributed by atoms with Crippen LogP contribution in [0.15, 0.2) is 24.8 Å². The quantitative estimate of drug-likeness (QED) is 0.900. The van der Waals surface area contributed by atoms with Crippen LogP contribution < -0.4 is 5.73 Å². The summed E-state index contributed by atoms with van der Waals surface area (Å²) in [6, 6.07) is 7.00. The molecule has 0 radical (unpaired) electrons. The second-order valence-corrected chi connectivity index (χ2v) is 6.00. The van der Waals surface area contributed by atoms with E-state index in [1.807, 2.05) is 0 Å². The number of likely N-dealkylation sites (tertiary alicyclic amines) is 1. The molecular formula is C17H24N2. The maximum absolute atomic E-state index is 6.17. The SMILES string of the molecule is C=C(CN1CCCC1)c1ccc2c(c1)CCCC2N. The average Bonchev–Trinajstić information content (AvgIpc) is 2.91. The van der Waals surface area contributed by atoms with Gasteiger partial charge in [-0.05, 0) is 67.5 Å². The number of rotatable bonds is 3. The van der Waals surface area contributed by atoms with Gasteiger partial charge in [0.25, 0.3) is 0 Å². The lowest BCUT2D eigenvalue weighted by atomic mass is 9.86. The van der Waals surface area contributed by atoms with E-state index < -0.39 is 0 Å². The maximum atomic E-state index is 6.17. The standard InChI is InChI=1S/C17H24N2/c1-13(12-19-9-2-3-10-19)14-7-8-16-15(11-14)5-4-6-17(16)18/h7-8,11,17H,1-6,9-10,12,18H2. The summed E-state index contributed by atoms with van der Waals surface area (Å²) in [7, 11) is 0. The van der Waals surface area contributed by atoms with Crippen LogP contribution >= 0.6 is 0 Å². The van der Waals surface area contributed by atoms with E-state index in [2.05, 4.69) is 29.7 Å². The molecule has 1 aliphatic heterocycles.